The van der Waals surface area contributed by atoms with Gasteiger partial charge in [0, 0.05) is 16.3 Å². The monoisotopic (exact) mass is 832 g/mol. The molecule has 1 aromatic rings. The number of benzene rings is 1. The Labute approximate surface area is 317 Å². The topological polar surface area (TPSA) is 55.4 Å². The molecule has 1 aliphatic rings. The molecule has 0 bridgehead atoms. The molecule has 0 radical (unpaired) electrons. The molecule has 1 aliphatic heterocycles. The van der Waals surface area contributed by atoms with Gasteiger partial charge in [-0.25, -0.2) is 0 Å². The molecule has 0 saturated carbocycles. The fraction of sp³-hybridized carbons (Fsp3) is 0.800. The van der Waals surface area contributed by atoms with E-state index in [1.165, 1.54) is 5.57 Å². The summed E-state index contributed by atoms with van der Waals surface area (Å²) in [7, 11) is -2.34. The molecule has 1 heterocycles. The zero-order chi connectivity index (χ0) is 37.5. The quantitative estimate of drug-likeness (QED) is 0.0674. The molecule has 49 heavy (non-hydrogen) atoms. The minimum absolute atomic E-state index is 0.0277. The third-order valence-electron chi connectivity index (χ3n) is 11.5. The minimum Gasteiger partial charge on any atom is -0.497 e. The fourth-order valence-corrected chi connectivity index (χ4v) is 9.73. The van der Waals surface area contributed by atoms with Crippen LogP contribution in [0.5, 0.6) is 5.75 Å². The van der Waals surface area contributed by atoms with Crippen LogP contribution in [0.2, 0.25) is 36.3 Å². The second-order valence-electron chi connectivity index (χ2n) is 18.1. The van der Waals surface area contributed by atoms with Gasteiger partial charge in [-0.1, -0.05) is 123 Å². The lowest BCUT2D eigenvalue weighted by atomic mass is 9.81. The summed E-state index contributed by atoms with van der Waals surface area (Å²) in [6.07, 6.45) is 3.63. The molecule has 0 unspecified atom stereocenters. The van der Waals surface area contributed by atoms with Crippen LogP contribution in [0.15, 0.2) is 35.9 Å². The van der Waals surface area contributed by atoms with Crippen LogP contribution in [0.1, 0.15) is 95.1 Å². The van der Waals surface area contributed by atoms with E-state index < -0.39 is 23.1 Å². The van der Waals surface area contributed by atoms with E-state index in [9.17, 15) is 0 Å². The van der Waals surface area contributed by atoms with E-state index in [4.69, 9.17) is 27.8 Å². The number of alkyl halides is 1. The lowest BCUT2D eigenvalue weighted by molar-refractivity contribution is -0.355. The van der Waals surface area contributed by atoms with Crippen LogP contribution in [0.3, 0.4) is 0 Å². The predicted molar refractivity (Wildman–Crippen MR) is 220 cm³/mol. The molecular formula is C40H73IO6Si2. The summed E-state index contributed by atoms with van der Waals surface area (Å²) in [6, 6.07) is 7.91. The van der Waals surface area contributed by atoms with Crippen LogP contribution in [-0.2, 0) is 29.7 Å². The number of hydrogen-bond acceptors (Lipinski definition) is 6. The Hall–Kier alpha value is -0.276. The van der Waals surface area contributed by atoms with Gasteiger partial charge in [-0.15, -0.1) is 0 Å². The number of allylic oxidation sites excluding steroid dienone is 1. The Morgan fingerprint density at radius 2 is 1.43 bits per heavy atom. The van der Waals surface area contributed by atoms with E-state index in [1.807, 2.05) is 24.3 Å². The van der Waals surface area contributed by atoms with Crippen molar-refractivity contribution in [1.29, 1.82) is 0 Å². The molecule has 6 nitrogen and oxygen atoms in total. The first-order valence-electron chi connectivity index (χ1n) is 18.5. The smallest absolute Gasteiger partial charge is 0.272 e. The summed E-state index contributed by atoms with van der Waals surface area (Å²) in [4.78, 5) is 0. The number of rotatable bonds is 17. The SMILES string of the molecule is COc1ccc(CO[C@H]2OC[C@H](C)[C@@H]([C@@H](C)[C@H](O[Si](C)(C)C(C)(C)C)[C@@H](C)C/C(C)=C\[C@H](C)[C@@H](O[Si](C)(C)C(C)(C)C)[C@@H](C)CI)O2)cc1. The van der Waals surface area contributed by atoms with Crippen LogP contribution >= 0.6 is 22.6 Å². The van der Waals surface area contributed by atoms with Gasteiger partial charge in [0.15, 0.2) is 16.6 Å². The van der Waals surface area contributed by atoms with E-state index in [2.05, 4.69) is 138 Å². The second kappa shape index (κ2) is 18.7. The van der Waals surface area contributed by atoms with Crippen molar-refractivity contribution in [3.63, 3.8) is 0 Å². The van der Waals surface area contributed by atoms with Crippen LogP contribution < -0.4 is 4.74 Å². The van der Waals surface area contributed by atoms with Crippen molar-refractivity contribution >= 4 is 39.2 Å². The Morgan fingerprint density at radius 3 is 1.92 bits per heavy atom. The second-order valence-corrected chi connectivity index (χ2v) is 28.5. The third-order valence-corrected chi connectivity index (χ3v) is 21.8. The van der Waals surface area contributed by atoms with E-state index in [1.54, 1.807) is 7.11 Å². The van der Waals surface area contributed by atoms with Gasteiger partial charge in [0.05, 0.1) is 38.6 Å². The average Bonchev–Trinajstić information content (AvgIpc) is 3.00. The van der Waals surface area contributed by atoms with Gasteiger partial charge in [-0.3, -0.25) is 0 Å². The van der Waals surface area contributed by atoms with E-state index >= 15 is 0 Å². The van der Waals surface area contributed by atoms with Gasteiger partial charge in [0.25, 0.3) is 6.48 Å². The van der Waals surface area contributed by atoms with E-state index in [0.717, 1.165) is 22.2 Å². The minimum atomic E-state index is -2.09. The lowest BCUT2D eigenvalue weighted by Crippen LogP contribution is -2.52. The Kier molecular flexibility index (Phi) is 17.1. The summed E-state index contributed by atoms with van der Waals surface area (Å²) in [5.41, 5.74) is 2.45. The van der Waals surface area contributed by atoms with Crippen molar-refractivity contribution in [2.75, 3.05) is 18.1 Å². The molecule has 1 aromatic carbocycles. The molecule has 2 rings (SSSR count). The first kappa shape index (κ1) is 44.9. The molecule has 284 valence electrons. The first-order valence-corrected chi connectivity index (χ1v) is 25.9. The van der Waals surface area contributed by atoms with Crippen LogP contribution in [-0.4, -0.2) is 59.6 Å². The molecule has 0 aliphatic carbocycles. The molecule has 9 atom stereocenters. The zero-order valence-electron chi connectivity index (χ0n) is 34.2. The molecule has 0 N–H and O–H groups in total. The molecule has 9 heteroatoms. The molecule has 1 fully saturated rings. The fourth-order valence-electron chi connectivity index (χ4n) is 6.27. The average molecular weight is 833 g/mol. The van der Waals surface area contributed by atoms with Crippen molar-refractivity contribution in [3.8, 4) is 5.75 Å². The van der Waals surface area contributed by atoms with Gasteiger partial charge in [0.1, 0.15) is 5.75 Å². The molecule has 0 amide bonds. The normalized spacial score (nSPS) is 23.8. The number of halogens is 1. The molecule has 1 saturated heterocycles. The van der Waals surface area contributed by atoms with Crippen molar-refractivity contribution in [1.82, 2.24) is 0 Å². The maximum absolute atomic E-state index is 7.34. The van der Waals surface area contributed by atoms with E-state index in [-0.39, 0.29) is 40.2 Å². The van der Waals surface area contributed by atoms with Crippen molar-refractivity contribution in [2.45, 2.75) is 157 Å². The predicted octanol–water partition coefficient (Wildman–Crippen LogP) is 11.6. The summed E-state index contributed by atoms with van der Waals surface area (Å²) in [5.74, 6) is 2.29. The summed E-state index contributed by atoms with van der Waals surface area (Å²) >= 11 is 2.52. The van der Waals surface area contributed by atoms with Crippen LogP contribution in [0.25, 0.3) is 0 Å². The highest BCUT2D eigenvalue weighted by molar-refractivity contribution is 14.1. The highest BCUT2D eigenvalue weighted by atomic mass is 127. The standard InChI is InChI=1S/C40H73IO6Si2/c1-27(22-28(2)35(30(4)24-41)46-48(14,15)39(7,8)9)23-29(3)37(47-49(16,17)40(10,11)12)32(6)36-31(5)25-43-38(45-36)44-26-33-18-20-34(42-13)21-19-33/h18-22,28-32,35-38H,23-26H2,1-17H3/b27-22-/t28-,29-,30-,31-,32+,35+,36-,37+,38+/m0/s1. The third kappa shape index (κ3) is 13.0. The van der Waals surface area contributed by atoms with Gasteiger partial charge < -0.3 is 27.8 Å². The number of ether oxygens (including phenoxy) is 4. The highest BCUT2D eigenvalue weighted by Crippen LogP contribution is 2.43. The number of methoxy groups -OCH3 is 1. The van der Waals surface area contributed by atoms with Crippen LogP contribution in [0.4, 0.5) is 0 Å². The molecule has 0 spiro atoms. The van der Waals surface area contributed by atoms with Gasteiger partial charge in [-0.2, -0.15) is 0 Å². The Morgan fingerprint density at radius 1 is 0.898 bits per heavy atom. The van der Waals surface area contributed by atoms with Crippen molar-refractivity contribution in [3.05, 3.63) is 41.5 Å². The largest absolute Gasteiger partial charge is 0.497 e. The summed E-state index contributed by atoms with van der Waals surface area (Å²) in [6.45, 7) is 37.7. The van der Waals surface area contributed by atoms with Crippen LogP contribution in [0, 0.1) is 29.6 Å². The van der Waals surface area contributed by atoms with Gasteiger partial charge >= 0.3 is 0 Å². The van der Waals surface area contributed by atoms with Crippen molar-refractivity contribution in [2.24, 2.45) is 29.6 Å². The van der Waals surface area contributed by atoms with Crippen molar-refractivity contribution < 1.29 is 27.8 Å². The van der Waals surface area contributed by atoms with Gasteiger partial charge in [-0.05, 0) is 85.1 Å². The Bertz CT molecular complexity index is 1160. The van der Waals surface area contributed by atoms with Gasteiger partial charge in [0.2, 0.25) is 0 Å². The first-order chi connectivity index (χ1) is 22.4. The summed E-state index contributed by atoms with van der Waals surface area (Å²) < 4.78 is 39.6. The maximum Gasteiger partial charge on any atom is 0.272 e. The Balaban J connectivity index is 2.30. The summed E-state index contributed by atoms with van der Waals surface area (Å²) in [5, 5.41) is 0.275. The maximum atomic E-state index is 7.34. The zero-order valence-corrected chi connectivity index (χ0v) is 38.4. The lowest BCUT2D eigenvalue weighted by Gasteiger charge is -2.46. The molecular weight excluding hydrogens is 760 g/mol. The number of hydrogen-bond donors (Lipinski definition) is 0. The highest BCUT2D eigenvalue weighted by Gasteiger charge is 2.45. The molecule has 0 aromatic heterocycles. The van der Waals surface area contributed by atoms with E-state index in [0.29, 0.717) is 31.0 Å².